The van der Waals surface area contributed by atoms with Crippen LogP contribution in [0.3, 0.4) is 0 Å². The molecular weight excluding hydrogens is 164 g/mol. The highest BCUT2D eigenvalue weighted by Gasteiger charge is 1.99. The van der Waals surface area contributed by atoms with E-state index in [2.05, 4.69) is 4.84 Å². The summed E-state index contributed by atoms with van der Waals surface area (Å²) in [4.78, 5) is 4.22. The van der Waals surface area contributed by atoms with Gasteiger partial charge < -0.3 is 4.84 Å². The van der Waals surface area contributed by atoms with Crippen molar-refractivity contribution >= 4 is 17.5 Å². The Bertz CT molecular complexity index is 258. The first-order valence-corrected chi connectivity index (χ1v) is 3.33. The van der Waals surface area contributed by atoms with Gasteiger partial charge in [-0.15, -0.1) is 0 Å². The fourth-order valence-corrected chi connectivity index (χ4v) is 0.795. The molecule has 0 saturated carbocycles. The molecule has 58 valence electrons. The van der Waals surface area contributed by atoms with Crippen LogP contribution >= 0.6 is 11.6 Å². The van der Waals surface area contributed by atoms with Crippen molar-refractivity contribution in [2.75, 3.05) is 0 Å². The third-order valence-electron chi connectivity index (χ3n) is 1.22. The number of hydrogen-bond acceptors (Lipinski definition) is 3. The number of hydrogen-bond donors (Lipinski definition) is 2. The summed E-state index contributed by atoms with van der Waals surface area (Å²) >= 11 is 5.62. The largest absolute Gasteiger partial charge is 0.391 e. The lowest BCUT2D eigenvalue weighted by atomic mass is 10.2. The number of halogens is 1. The molecule has 0 spiro atoms. The Morgan fingerprint density at radius 2 is 1.91 bits per heavy atom. The van der Waals surface area contributed by atoms with Crippen molar-refractivity contribution in [2.45, 2.75) is 0 Å². The van der Waals surface area contributed by atoms with E-state index in [0.29, 0.717) is 10.6 Å². The zero-order valence-corrected chi connectivity index (χ0v) is 6.43. The Hall–Kier alpha value is -1.06. The summed E-state index contributed by atoms with van der Waals surface area (Å²) in [6.07, 6.45) is 0. The van der Waals surface area contributed by atoms with Crippen molar-refractivity contribution in [1.29, 1.82) is 5.41 Å². The molecule has 1 rings (SSSR count). The summed E-state index contributed by atoms with van der Waals surface area (Å²) in [5.41, 5.74) is 0.608. The second-order valence-corrected chi connectivity index (χ2v) is 2.39. The topological polar surface area (TPSA) is 59.1 Å². The first-order chi connectivity index (χ1) is 5.24. The van der Waals surface area contributed by atoms with Gasteiger partial charge >= 0.3 is 0 Å². The van der Waals surface area contributed by atoms with Gasteiger partial charge in [0.15, 0.2) is 0 Å². The maximum atomic E-state index is 7.16. The molecule has 3 nitrogen and oxygen atoms in total. The Labute approximate surface area is 69.2 Å². The van der Waals surface area contributed by atoms with Gasteiger partial charge in [0.2, 0.25) is 5.90 Å². The van der Waals surface area contributed by atoms with Crippen LogP contribution < -0.4 is 5.90 Å². The zero-order chi connectivity index (χ0) is 8.27. The highest BCUT2D eigenvalue weighted by atomic mass is 35.5. The van der Waals surface area contributed by atoms with E-state index in [1.165, 1.54) is 0 Å². The van der Waals surface area contributed by atoms with E-state index in [1.807, 2.05) is 0 Å². The number of benzene rings is 1. The third kappa shape index (κ3) is 1.93. The monoisotopic (exact) mass is 170 g/mol. The van der Waals surface area contributed by atoms with Crippen LogP contribution in [0.5, 0.6) is 0 Å². The minimum absolute atomic E-state index is 0.0679. The third-order valence-corrected chi connectivity index (χ3v) is 1.48. The molecule has 0 unspecified atom stereocenters. The van der Waals surface area contributed by atoms with Gasteiger partial charge in [-0.2, -0.15) is 5.90 Å². The Morgan fingerprint density at radius 1 is 1.36 bits per heavy atom. The molecule has 11 heavy (non-hydrogen) atoms. The van der Waals surface area contributed by atoms with Crippen LogP contribution in [0.25, 0.3) is 0 Å². The van der Waals surface area contributed by atoms with Gasteiger partial charge in [0, 0.05) is 10.6 Å². The molecule has 4 heteroatoms. The molecular formula is C7H7ClN2O. The van der Waals surface area contributed by atoms with Gasteiger partial charge in [-0.25, -0.2) is 0 Å². The molecule has 0 aliphatic carbocycles. The highest BCUT2D eigenvalue weighted by molar-refractivity contribution is 6.30. The summed E-state index contributed by atoms with van der Waals surface area (Å²) in [7, 11) is 0. The molecule has 0 aromatic heterocycles. The van der Waals surface area contributed by atoms with Crippen LogP contribution in [0.1, 0.15) is 5.56 Å². The van der Waals surface area contributed by atoms with Crippen LogP contribution in [0, 0.1) is 5.41 Å². The van der Waals surface area contributed by atoms with Crippen LogP contribution in [0.4, 0.5) is 0 Å². The van der Waals surface area contributed by atoms with Crippen molar-refractivity contribution in [3.8, 4) is 0 Å². The molecule has 0 radical (unpaired) electrons. The van der Waals surface area contributed by atoms with Gasteiger partial charge in [-0.1, -0.05) is 11.6 Å². The molecule has 0 saturated heterocycles. The van der Waals surface area contributed by atoms with E-state index < -0.39 is 0 Å². The molecule has 0 fully saturated rings. The fraction of sp³-hybridized carbons (Fsp3) is 0. The smallest absolute Gasteiger partial charge is 0.237 e. The molecule has 1 aromatic rings. The van der Waals surface area contributed by atoms with Crippen LogP contribution in [-0.4, -0.2) is 5.90 Å². The average molecular weight is 171 g/mol. The predicted molar refractivity (Wildman–Crippen MR) is 43.6 cm³/mol. The fourth-order valence-electron chi connectivity index (χ4n) is 0.669. The average Bonchev–Trinajstić information content (AvgIpc) is 2.05. The summed E-state index contributed by atoms with van der Waals surface area (Å²) in [5, 5.41) is 7.78. The molecule has 3 N–H and O–H groups in total. The van der Waals surface area contributed by atoms with Gasteiger partial charge in [-0.05, 0) is 24.3 Å². The summed E-state index contributed by atoms with van der Waals surface area (Å²) in [6, 6.07) is 6.67. The second kappa shape index (κ2) is 3.37. The van der Waals surface area contributed by atoms with Gasteiger partial charge in [0.25, 0.3) is 0 Å². The van der Waals surface area contributed by atoms with E-state index in [1.54, 1.807) is 24.3 Å². The molecule has 0 heterocycles. The van der Waals surface area contributed by atoms with Crippen molar-refractivity contribution in [3.05, 3.63) is 34.9 Å². The Kier molecular flexibility index (Phi) is 2.46. The molecule has 0 aliphatic heterocycles. The first-order valence-electron chi connectivity index (χ1n) is 2.95. The number of rotatable bonds is 1. The van der Waals surface area contributed by atoms with E-state index in [0.717, 1.165) is 0 Å². The van der Waals surface area contributed by atoms with Crippen LogP contribution in [0.2, 0.25) is 5.02 Å². The number of nitrogens with two attached hydrogens (primary N) is 1. The van der Waals surface area contributed by atoms with Gasteiger partial charge in [0.05, 0.1) is 0 Å². The Morgan fingerprint density at radius 3 is 2.36 bits per heavy atom. The lowest BCUT2D eigenvalue weighted by Crippen LogP contribution is -2.09. The van der Waals surface area contributed by atoms with Crippen molar-refractivity contribution < 1.29 is 4.84 Å². The molecule has 0 atom stereocenters. The van der Waals surface area contributed by atoms with Gasteiger partial charge in [0.1, 0.15) is 0 Å². The van der Waals surface area contributed by atoms with Gasteiger partial charge in [-0.3, -0.25) is 5.41 Å². The molecule has 0 amide bonds. The normalized spacial score (nSPS) is 9.27. The number of nitrogens with one attached hydrogen (secondary N) is 1. The van der Waals surface area contributed by atoms with E-state index in [4.69, 9.17) is 22.9 Å². The summed E-state index contributed by atoms with van der Waals surface area (Å²) in [6.45, 7) is 0. The highest BCUT2D eigenvalue weighted by Crippen LogP contribution is 2.09. The minimum atomic E-state index is -0.0679. The molecule has 1 aromatic carbocycles. The van der Waals surface area contributed by atoms with Crippen LogP contribution in [0.15, 0.2) is 24.3 Å². The van der Waals surface area contributed by atoms with Crippen molar-refractivity contribution in [3.63, 3.8) is 0 Å². The van der Waals surface area contributed by atoms with Crippen LogP contribution in [-0.2, 0) is 4.84 Å². The standard InChI is InChI=1S/C7H7ClN2O/c8-6-3-1-5(2-4-6)7(9)11-10/h1-4,9H,10H2. The maximum absolute atomic E-state index is 7.16. The summed E-state index contributed by atoms with van der Waals surface area (Å²) < 4.78 is 0. The maximum Gasteiger partial charge on any atom is 0.237 e. The van der Waals surface area contributed by atoms with E-state index in [9.17, 15) is 0 Å². The minimum Gasteiger partial charge on any atom is -0.391 e. The lowest BCUT2D eigenvalue weighted by molar-refractivity contribution is 0.319. The van der Waals surface area contributed by atoms with E-state index in [-0.39, 0.29) is 5.90 Å². The van der Waals surface area contributed by atoms with Crippen molar-refractivity contribution in [2.24, 2.45) is 5.90 Å². The Balaban J connectivity index is 2.90. The van der Waals surface area contributed by atoms with Crippen molar-refractivity contribution in [1.82, 2.24) is 0 Å². The zero-order valence-electron chi connectivity index (χ0n) is 5.67. The predicted octanol–water partition coefficient (Wildman–Crippen LogP) is 1.56. The summed E-state index contributed by atoms with van der Waals surface area (Å²) in [5.74, 6) is 4.72. The first kappa shape index (κ1) is 8.04. The SMILES string of the molecule is N=C(ON)c1ccc(Cl)cc1. The lowest BCUT2D eigenvalue weighted by Gasteiger charge is -1.99. The quantitative estimate of drug-likeness (QED) is 0.382. The molecule has 0 aliphatic rings. The second-order valence-electron chi connectivity index (χ2n) is 1.95. The van der Waals surface area contributed by atoms with E-state index >= 15 is 0 Å². The molecule has 0 bridgehead atoms.